The average molecular weight is 321 g/mol. The molecule has 5 heteroatoms. The quantitative estimate of drug-likeness (QED) is 0.760. The second kappa shape index (κ2) is 7.72. The Kier molecular flexibility index (Phi) is 5.94. The van der Waals surface area contributed by atoms with Crippen LogP contribution in [0.15, 0.2) is 47.4 Å². The van der Waals surface area contributed by atoms with Crippen molar-refractivity contribution in [2.45, 2.75) is 31.1 Å². The van der Waals surface area contributed by atoms with Crippen LogP contribution < -0.4 is 0 Å². The second-order valence-corrected chi connectivity index (χ2v) is 7.22. The van der Waals surface area contributed by atoms with Gasteiger partial charge in [0, 0.05) is 18.5 Å². The number of aliphatic hydroxyl groups excluding tert-OH is 1. The van der Waals surface area contributed by atoms with E-state index >= 15 is 0 Å². The molecule has 1 N–H and O–H groups in total. The molecule has 0 unspecified atom stereocenters. The standard InChI is InChI=1S/C17H23NO3S/c1-2-3-6-12-18(13-14-19)22(20,21)17-11-7-9-15-8-4-5-10-16(15)17/h4-5,7-11,19H,2-3,6,12-14H2,1H3. The Bertz CT molecular complexity index is 707. The highest BCUT2D eigenvalue weighted by Crippen LogP contribution is 2.25. The Morgan fingerprint density at radius 1 is 1.00 bits per heavy atom. The zero-order valence-corrected chi connectivity index (χ0v) is 13.7. The van der Waals surface area contributed by atoms with E-state index in [4.69, 9.17) is 0 Å². The maximum atomic E-state index is 12.9. The number of benzene rings is 2. The molecule has 22 heavy (non-hydrogen) atoms. The molecular weight excluding hydrogens is 298 g/mol. The Balaban J connectivity index is 2.40. The molecule has 0 amide bonds. The first-order valence-corrected chi connectivity index (χ1v) is 9.14. The molecule has 0 atom stereocenters. The zero-order valence-electron chi connectivity index (χ0n) is 12.9. The third kappa shape index (κ3) is 3.66. The summed E-state index contributed by atoms with van der Waals surface area (Å²) in [7, 11) is -3.60. The van der Waals surface area contributed by atoms with Crippen molar-refractivity contribution < 1.29 is 13.5 Å². The summed E-state index contributed by atoms with van der Waals surface area (Å²) in [5, 5.41) is 10.8. The van der Waals surface area contributed by atoms with E-state index in [1.165, 1.54) is 4.31 Å². The van der Waals surface area contributed by atoms with Gasteiger partial charge in [-0.25, -0.2) is 8.42 Å². The van der Waals surface area contributed by atoms with E-state index in [0.29, 0.717) is 11.4 Å². The van der Waals surface area contributed by atoms with Crippen LogP contribution >= 0.6 is 0 Å². The van der Waals surface area contributed by atoms with E-state index in [1.807, 2.05) is 30.3 Å². The maximum absolute atomic E-state index is 12.9. The van der Waals surface area contributed by atoms with Gasteiger partial charge in [0.1, 0.15) is 0 Å². The molecule has 0 aliphatic heterocycles. The molecule has 0 spiro atoms. The number of hydrogen-bond donors (Lipinski definition) is 1. The molecule has 0 aliphatic rings. The van der Waals surface area contributed by atoms with E-state index < -0.39 is 10.0 Å². The number of nitrogens with zero attached hydrogens (tertiary/aromatic N) is 1. The summed E-state index contributed by atoms with van der Waals surface area (Å²) in [6.07, 6.45) is 2.81. The van der Waals surface area contributed by atoms with Crippen molar-refractivity contribution in [1.29, 1.82) is 0 Å². The Morgan fingerprint density at radius 3 is 2.45 bits per heavy atom. The third-order valence-electron chi connectivity index (χ3n) is 3.73. The summed E-state index contributed by atoms with van der Waals surface area (Å²) in [5.41, 5.74) is 0. The van der Waals surface area contributed by atoms with Crippen molar-refractivity contribution in [1.82, 2.24) is 4.31 Å². The van der Waals surface area contributed by atoms with Crippen LogP contribution in [0.2, 0.25) is 0 Å². The monoisotopic (exact) mass is 321 g/mol. The van der Waals surface area contributed by atoms with Crippen LogP contribution in [0.25, 0.3) is 10.8 Å². The molecular formula is C17H23NO3S. The van der Waals surface area contributed by atoms with Crippen molar-refractivity contribution in [2.24, 2.45) is 0 Å². The maximum Gasteiger partial charge on any atom is 0.243 e. The first kappa shape index (κ1) is 16.9. The molecule has 0 aliphatic carbocycles. The molecule has 0 fully saturated rings. The van der Waals surface area contributed by atoms with Crippen LogP contribution in [0.3, 0.4) is 0 Å². The highest BCUT2D eigenvalue weighted by atomic mass is 32.2. The smallest absolute Gasteiger partial charge is 0.243 e. The van der Waals surface area contributed by atoms with Gasteiger partial charge in [-0.3, -0.25) is 0 Å². The largest absolute Gasteiger partial charge is 0.395 e. The molecule has 0 saturated heterocycles. The van der Waals surface area contributed by atoms with Crippen LogP contribution in [0.5, 0.6) is 0 Å². The van der Waals surface area contributed by atoms with Crippen LogP contribution in [0.4, 0.5) is 0 Å². The van der Waals surface area contributed by atoms with E-state index in [-0.39, 0.29) is 13.2 Å². The average Bonchev–Trinajstić information content (AvgIpc) is 2.53. The molecule has 0 aromatic heterocycles. The second-order valence-electron chi connectivity index (χ2n) is 5.31. The fraction of sp³-hybridized carbons (Fsp3) is 0.412. The molecule has 2 rings (SSSR count). The lowest BCUT2D eigenvalue weighted by Crippen LogP contribution is -2.34. The van der Waals surface area contributed by atoms with Gasteiger partial charge in [0.25, 0.3) is 0 Å². The van der Waals surface area contributed by atoms with Gasteiger partial charge in [-0.1, -0.05) is 56.2 Å². The number of aliphatic hydroxyl groups is 1. The van der Waals surface area contributed by atoms with Gasteiger partial charge in [-0.05, 0) is 17.9 Å². The van der Waals surface area contributed by atoms with Gasteiger partial charge >= 0.3 is 0 Å². The van der Waals surface area contributed by atoms with Gasteiger partial charge in [-0.15, -0.1) is 0 Å². The molecule has 0 heterocycles. The topological polar surface area (TPSA) is 57.6 Å². The minimum atomic E-state index is -3.60. The zero-order chi connectivity index (χ0) is 16.0. The number of sulfonamides is 1. The minimum Gasteiger partial charge on any atom is -0.395 e. The lowest BCUT2D eigenvalue weighted by atomic mass is 10.1. The van der Waals surface area contributed by atoms with Crippen molar-refractivity contribution in [3.8, 4) is 0 Å². The first-order valence-electron chi connectivity index (χ1n) is 7.70. The predicted octanol–water partition coefficient (Wildman–Crippen LogP) is 3.01. The highest BCUT2D eigenvalue weighted by Gasteiger charge is 2.25. The Morgan fingerprint density at radius 2 is 1.73 bits per heavy atom. The predicted molar refractivity (Wildman–Crippen MR) is 89.3 cm³/mol. The van der Waals surface area contributed by atoms with Gasteiger partial charge in [0.2, 0.25) is 10.0 Å². The number of fused-ring (bicyclic) bond motifs is 1. The fourth-order valence-electron chi connectivity index (χ4n) is 2.56. The van der Waals surface area contributed by atoms with Crippen LogP contribution in [-0.2, 0) is 10.0 Å². The summed E-state index contributed by atoms with van der Waals surface area (Å²) < 4.78 is 27.3. The van der Waals surface area contributed by atoms with Crippen molar-refractivity contribution >= 4 is 20.8 Å². The normalized spacial score (nSPS) is 12.1. The SMILES string of the molecule is CCCCCN(CCO)S(=O)(=O)c1cccc2ccccc12. The van der Waals surface area contributed by atoms with Crippen LogP contribution in [-0.4, -0.2) is 37.5 Å². The number of hydrogen-bond acceptors (Lipinski definition) is 3. The fourth-order valence-corrected chi connectivity index (χ4v) is 4.25. The Labute approximate surface area is 132 Å². The van der Waals surface area contributed by atoms with Gasteiger partial charge in [0.15, 0.2) is 0 Å². The molecule has 0 bridgehead atoms. The van der Waals surface area contributed by atoms with E-state index in [1.54, 1.807) is 12.1 Å². The van der Waals surface area contributed by atoms with Crippen LogP contribution in [0.1, 0.15) is 26.2 Å². The molecule has 120 valence electrons. The lowest BCUT2D eigenvalue weighted by Gasteiger charge is -2.22. The van der Waals surface area contributed by atoms with Crippen LogP contribution in [0, 0.1) is 0 Å². The lowest BCUT2D eigenvalue weighted by molar-refractivity contribution is 0.252. The minimum absolute atomic E-state index is 0.134. The van der Waals surface area contributed by atoms with Crippen molar-refractivity contribution in [3.63, 3.8) is 0 Å². The van der Waals surface area contributed by atoms with Crippen molar-refractivity contribution in [2.75, 3.05) is 19.7 Å². The molecule has 4 nitrogen and oxygen atoms in total. The Hall–Kier alpha value is -1.43. The highest BCUT2D eigenvalue weighted by molar-refractivity contribution is 7.89. The van der Waals surface area contributed by atoms with Crippen molar-refractivity contribution in [3.05, 3.63) is 42.5 Å². The molecule has 2 aromatic rings. The molecule has 0 saturated carbocycles. The van der Waals surface area contributed by atoms with Gasteiger partial charge < -0.3 is 5.11 Å². The molecule has 2 aromatic carbocycles. The van der Waals surface area contributed by atoms with E-state index in [9.17, 15) is 13.5 Å². The summed E-state index contributed by atoms with van der Waals surface area (Å²) in [6.45, 7) is 2.49. The van der Waals surface area contributed by atoms with E-state index in [2.05, 4.69) is 6.92 Å². The molecule has 0 radical (unpaired) electrons. The summed E-state index contributed by atoms with van der Waals surface area (Å²) >= 11 is 0. The number of unbranched alkanes of at least 4 members (excludes halogenated alkanes) is 2. The summed E-state index contributed by atoms with van der Waals surface area (Å²) in [4.78, 5) is 0.315. The van der Waals surface area contributed by atoms with Gasteiger partial charge in [0.05, 0.1) is 11.5 Å². The number of rotatable bonds is 8. The van der Waals surface area contributed by atoms with E-state index in [0.717, 1.165) is 30.0 Å². The summed E-state index contributed by atoms with van der Waals surface area (Å²) in [5.74, 6) is 0. The third-order valence-corrected chi connectivity index (χ3v) is 5.68. The summed E-state index contributed by atoms with van der Waals surface area (Å²) in [6, 6.07) is 12.8. The first-order chi connectivity index (χ1) is 10.6. The van der Waals surface area contributed by atoms with Gasteiger partial charge in [-0.2, -0.15) is 4.31 Å².